The van der Waals surface area contributed by atoms with Gasteiger partial charge in [-0.15, -0.1) is 0 Å². The standard InChI is InChI=1S/C11H9NO4S2/c1-6(10(14)15)12-9(13)8(18-11(12)17)5-7-3-2-4-16-7/h2-6H,1H3,(H,14,15)/b8-5+. The summed E-state index contributed by atoms with van der Waals surface area (Å²) in [5.74, 6) is -0.972. The van der Waals surface area contributed by atoms with Crippen LogP contribution in [0.2, 0.25) is 0 Å². The molecule has 18 heavy (non-hydrogen) atoms. The lowest BCUT2D eigenvalue weighted by Crippen LogP contribution is -2.41. The van der Waals surface area contributed by atoms with Gasteiger partial charge in [0.15, 0.2) is 0 Å². The third kappa shape index (κ3) is 2.32. The van der Waals surface area contributed by atoms with Gasteiger partial charge in [-0.05, 0) is 19.1 Å². The maximum absolute atomic E-state index is 12.0. The predicted octanol–water partition coefficient (Wildman–Crippen LogP) is 1.95. The van der Waals surface area contributed by atoms with E-state index in [4.69, 9.17) is 21.7 Å². The van der Waals surface area contributed by atoms with Crippen molar-refractivity contribution in [3.63, 3.8) is 0 Å². The van der Waals surface area contributed by atoms with Gasteiger partial charge in [0, 0.05) is 6.08 Å². The van der Waals surface area contributed by atoms with Crippen molar-refractivity contribution in [2.75, 3.05) is 0 Å². The van der Waals surface area contributed by atoms with Crippen molar-refractivity contribution in [2.45, 2.75) is 13.0 Å². The molecule has 0 radical (unpaired) electrons. The summed E-state index contributed by atoms with van der Waals surface area (Å²) >= 11 is 6.09. The summed E-state index contributed by atoms with van der Waals surface area (Å²) < 4.78 is 5.35. The van der Waals surface area contributed by atoms with Crippen LogP contribution in [-0.4, -0.2) is 32.2 Å². The highest BCUT2D eigenvalue weighted by Gasteiger charge is 2.38. The molecule has 1 atom stereocenters. The summed E-state index contributed by atoms with van der Waals surface area (Å²) in [5.41, 5.74) is 0. The van der Waals surface area contributed by atoms with Crippen LogP contribution in [0.15, 0.2) is 27.7 Å². The van der Waals surface area contributed by atoms with E-state index in [1.54, 1.807) is 18.2 Å². The Balaban J connectivity index is 2.27. The van der Waals surface area contributed by atoms with E-state index in [2.05, 4.69) is 0 Å². The summed E-state index contributed by atoms with van der Waals surface area (Å²) in [7, 11) is 0. The molecule has 1 unspecified atom stereocenters. The molecule has 2 rings (SSSR count). The van der Waals surface area contributed by atoms with E-state index in [1.165, 1.54) is 13.2 Å². The summed E-state index contributed by atoms with van der Waals surface area (Å²) in [6.45, 7) is 1.42. The van der Waals surface area contributed by atoms with E-state index in [0.717, 1.165) is 16.7 Å². The van der Waals surface area contributed by atoms with Crippen molar-refractivity contribution < 1.29 is 19.1 Å². The van der Waals surface area contributed by atoms with Gasteiger partial charge in [-0.2, -0.15) is 0 Å². The Kier molecular flexibility index (Phi) is 3.53. The Bertz CT molecular complexity index is 535. The highest BCUT2D eigenvalue weighted by molar-refractivity contribution is 8.26. The zero-order chi connectivity index (χ0) is 13.3. The minimum absolute atomic E-state index is 0.243. The SMILES string of the molecule is CC(C(=O)O)N1C(=O)/C(=C\c2ccco2)SC1=S. The minimum Gasteiger partial charge on any atom is -0.480 e. The number of amides is 1. The molecular formula is C11H9NO4S2. The normalized spacial score (nSPS) is 19.6. The summed E-state index contributed by atoms with van der Waals surface area (Å²) in [6, 6.07) is 2.43. The molecule has 5 nitrogen and oxygen atoms in total. The molecule has 1 aromatic heterocycles. The highest BCUT2D eigenvalue weighted by atomic mass is 32.2. The zero-order valence-corrected chi connectivity index (χ0v) is 11.0. The van der Waals surface area contributed by atoms with E-state index in [0.29, 0.717) is 10.7 Å². The number of carboxylic acid groups (broad SMARTS) is 1. The zero-order valence-electron chi connectivity index (χ0n) is 9.32. The van der Waals surface area contributed by atoms with E-state index in [1.807, 2.05) is 0 Å². The molecule has 1 saturated heterocycles. The second-order valence-electron chi connectivity index (χ2n) is 3.58. The van der Waals surface area contributed by atoms with E-state index >= 15 is 0 Å². The average Bonchev–Trinajstić information content (AvgIpc) is 2.88. The summed E-state index contributed by atoms with van der Waals surface area (Å²) in [4.78, 5) is 24.4. The third-order valence-corrected chi connectivity index (χ3v) is 3.72. The van der Waals surface area contributed by atoms with E-state index < -0.39 is 17.9 Å². The van der Waals surface area contributed by atoms with Crippen LogP contribution in [0.4, 0.5) is 0 Å². The second kappa shape index (κ2) is 4.95. The first-order chi connectivity index (χ1) is 8.50. The van der Waals surface area contributed by atoms with Gasteiger partial charge >= 0.3 is 5.97 Å². The molecule has 0 aliphatic carbocycles. The van der Waals surface area contributed by atoms with Crippen LogP contribution in [0, 0.1) is 0 Å². The summed E-state index contributed by atoms with van der Waals surface area (Å²) in [6.07, 6.45) is 3.04. The molecule has 94 valence electrons. The van der Waals surface area contributed by atoms with Crippen LogP contribution in [0.3, 0.4) is 0 Å². The van der Waals surface area contributed by atoms with Gasteiger partial charge in [-0.1, -0.05) is 24.0 Å². The van der Waals surface area contributed by atoms with Crippen molar-refractivity contribution in [3.8, 4) is 0 Å². The number of hydrogen-bond donors (Lipinski definition) is 1. The van der Waals surface area contributed by atoms with Crippen molar-refractivity contribution >= 4 is 46.3 Å². The van der Waals surface area contributed by atoms with Gasteiger partial charge in [-0.25, -0.2) is 4.79 Å². The van der Waals surface area contributed by atoms with Gasteiger partial charge in [0.25, 0.3) is 5.91 Å². The minimum atomic E-state index is -1.09. The van der Waals surface area contributed by atoms with Crippen LogP contribution in [0.1, 0.15) is 12.7 Å². The predicted molar refractivity (Wildman–Crippen MR) is 70.8 cm³/mol. The molecule has 2 heterocycles. The molecule has 1 aliphatic heterocycles. The van der Waals surface area contributed by atoms with Crippen LogP contribution in [0.5, 0.6) is 0 Å². The number of thiocarbonyl (C=S) groups is 1. The number of carbonyl (C=O) groups is 2. The third-order valence-electron chi connectivity index (χ3n) is 2.38. The van der Waals surface area contributed by atoms with Gasteiger partial charge in [0.05, 0.1) is 11.2 Å². The molecule has 0 saturated carbocycles. The smallest absolute Gasteiger partial charge is 0.326 e. The molecule has 1 aromatic rings. The molecule has 0 spiro atoms. The second-order valence-corrected chi connectivity index (χ2v) is 5.26. The summed E-state index contributed by atoms with van der Waals surface area (Å²) in [5, 5.41) is 8.92. The Hall–Kier alpha value is -1.60. The lowest BCUT2D eigenvalue weighted by Gasteiger charge is -2.18. The molecule has 1 amide bonds. The number of carbonyl (C=O) groups excluding carboxylic acids is 1. The molecule has 0 bridgehead atoms. The van der Waals surface area contributed by atoms with Gasteiger partial charge < -0.3 is 9.52 Å². The highest BCUT2D eigenvalue weighted by Crippen LogP contribution is 2.33. The van der Waals surface area contributed by atoms with Crippen LogP contribution in [0.25, 0.3) is 6.08 Å². The fraction of sp³-hybridized carbons (Fsp3) is 0.182. The molecule has 1 fully saturated rings. The van der Waals surface area contributed by atoms with Crippen LogP contribution >= 0.6 is 24.0 Å². The van der Waals surface area contributed by atoms with Crippen molar-refractivity contribution in [3.05, 3.63) is 29.1 Å². The van der Waals surface area contributed by atoms with Gasteiger partial charge in [0.1, 0.15) is 16.1 Å². The number of aliphatic carboxylic acids is 1. The topological polar surface area (TPSA) is 70.8 Å². The van der Waals surface area contributed by atoms with Crippen LogP contribution < -0.4 is 0 Å². The van der Waals surface area contributed by atoms with Gasteiger partial charge in [-0.3, -0.25) is 9.69 Å². The Morgan fingerprint density at radius 3 is 2.94 bits per heavy atom. The van der Waals surface area contributed by atoms with E-state index in [9.17, 15) is 9.59 Å². The Morgan fingerprint density at radius 1 is 1.67 bits per heavy atom. The number of carboxylic acids is 1. The molecule has 0 aromatic carbocycles. The largest absolute Gasteiger partial charge is 0.480 e. The number of hydrogen-bond acceptors (Lipinski definition) is 5. The van der Waals surface area contributed by atoms with Crippen molar-refractivity contribution in [1.82, 2.24) is 4.90 Å². The molecule has 1 N–H and O–H groups in total. The lowest BCUT2D eigenvalue weighted by atomic mass is 10.3. The molecular weight excluding hydrogens is 274 g/mol. The first-order valence-corrected chi connectivity index (χ1v) is 6.26. The fourth-order valence-electron chi connectivity index (χ4n) is 1.43. The Morgan fingerprint density at radius 2 is 2.39 bits per heavy atom. The maximum atomic E-state index is 12.0. The number of thioether (sulfide) groups is 1. The van der Waals surface area contributed by atoms with Crippen molar-refractivity contribution in [1.29, 1.82) is 0 Å². The quantitative estimate of drug-likeness (QED) is 0.675. The maximum Gasteiger partial charge on any atom is 0.326 e. The monoisotopic (exact) mass is 283 g/mol. The lowest BCUT2D eigenvalue weighted by molar-refractivity contribution is -0.144. The van der Waals surface area contributed by atoms with Crippen LogP contribution in [-0.2, 0) is 9.59 Å². The molecule has 7 heteroatoms. The number of nitrogens with zero attached hydrogens (tertiary/aromatic N) is 1. The van der Waals surface area contributed by atoms with Crippen molar-refractivity contribution in [2.24, 2.45) is 0 Å². The Labute approximate surface area is 112 Å². The first kappa shape index (κ1) is 12.8. The number of furan rings is 1. The number of rotatable bonds is 3. The first-order valence-electron chi connectivity index (χ1n) is 5.04. The van der Waals surface area contributed by atoms with Gasteiger partial charge in [0.2, 0.25) is 0 Å². The van der Waals surface area contributed by atoms with E-state index in [-0.39, 0.29) is 4.32 Å². The fourth-order valence-corrected chi connectivity index (χ4v) is 2.83. The average molecular weight is 283 g/mol. The molecule has 1 aliphatic rings.